The summed E-state index contributed by atoms with van der Waals surface area (Å²) in [6, 6.07) is 10.1. The molecule has 0 aliphatic carbocycles. The zero-order valence-electron chi connectivity index (χ0n) is 14.8. The number of benzene rings is 1. The van der Waals surface area contributed by atoms with Gasteiger partial charge in [-0.25, -0.2) is 0 Å². The highest BCUT2D eigenvalue weighted by Crippen LogP contribution is 2.39. The minimum atomic E-state index is -0.353. The lowest BCUT2D eigenvalue weighted by molar-refractivity contribution is -0.111. The van der Waals surface area contributed by atoms with E-state index in [4.69, 9.17) is 9.31 Å². The van der Waals surface area contributed by atoms with E-state index in [0.717, 1.165) is 11.8 Å². The summed E-state index contributed by atoms with van der Waals surface area (Å²) in [6.07, 6.45) is 5.74. The SMILES string of the molecule is C[C@@H](/C=C/c1ccccc1)[C@H](C=O)CB1OC(C)(C)C(C)(C)O1. The lowest BCUT2D eigenvalue weighted by Gasteiger charge is -2.32. The Kier molecular flexibility index (Phi) is 5.48. The molecular formula is C19H27BO3. The van der Waals surface area contributed by atoms with Gasteiger partial charge in [-0.3, -0.25) is 0 Å². The van der Waals surface area contributed by atoms with Crippen LogP contribution in [-0.2, 0) is 14.1 Å². The first kappa shape index (κ1) is 18.0. The third-order valence-corrected chi connectivity index (χ3v) is 5.01. The van der Waals surface area contributed by atoms with E-state index >= 15 is 0 Å². The van der Waals surface area contributed by atoms with Gasteiger partial charge in [0.25, 0.3) is 0 Å². The number of carbonyl (C=O) groups is 1. The average molecular weight is 314 g/mol. The van der Waals surface area contributed by atoms with E-state index in [9.17, 15) is 4.79 Å². The van der Waals surface area contributed by atoms with Gasteiger partial charge in [-0.15, -0.1) is 0 Å². The Morgan fingerprint density at radius 1 is 1.09 bits per heavy atom. The van der Waals surface area contributed by atoms with Crippen molar-refractivity contribution in [2.75, 3.05) is 0 Å². The van der Waals surface area contributed by atoms with Crippen LogP contribution in [-0.4, -0.2) is 24.6 Å². The molecule has 1 aliphatic rings. The molecule has 0 radical (unpaired) electrons. The van der Waals surface area contributed by atoms with Crippen LogP contribution < -0.4 is 0 Å². The van der Waals surface area contributed by atoms with Crippen LogP contribution in [0.3, 0.4) is 0 Å². The summed E-state index contributed by atoms with van der Waals surface area (Å²) in [7, 11) is -0.331. The summed E-state index contributed by atoms with van der Waals surface area (Å²) in [5.74, 6) is 0.0105. The molecule has 1 saturated heterocycles. The Hall–Kier alpha value is -1.39. The van der Waals surface area contributed by atoms with Gasteiger partial charge in [-0.2, -0.15) is 0 Å². The smallest absolute Gasteiger partial charge is 0.403 e. The third kappa shape index (κ3) is 4.33. The van der Waals surface area contributed by atoms with E-state index in [-0.39, 0.29) is 30.2 Å². The molecule has 2 rings (SSSR count). The summed E-state index contributed by atoms with van der Waals surface area (Å²) < 4.78 is 12.0. The van der Waals surface area contributed by atoms with E-state index in [0.29, 0.717) is 6.32 Å². The lowest BCUT2D eigenvalue weighted by Crippen LogP contribution is -2.41. The number of aldehydes is 1. The van der Waals surface area contributed by atoms with E-state index in [2.05, 4.69) is 19.1 Å². The van der Waals surface area contributed by atoms with Gasteiger partial charge in [-0.05, 0) is 45.5 Å². The molecular weight excluding hydrogens is 287 g/mol. The van der Waals surface area contributed by atoms with Crippen LogP contribution in [0, 0.1) is 11.8 Å². The molecule has 0 amide bonds. The lowest BCUT2D eigenvalue weighted by atomic mass is 9.73. The molecule has 0 aromatic heterocycles. The van der Waals surface area contributed by atoms with Crippen molar-refractivity contribution >= 4 is 19.5 Å². The molecule has 0 N–H and O–H groups in total. The van der Waals surface area contributed by atoms with Gasteiger partial charge in [0.05, 0.1) is 11.2 Å². The summed E-state index contributed by atoms with van der Waals surface area (Å²) >= 11 is 0. The van der Waals surface area contributed by atoms with Crippen molar-refractivity contribution in [3.8, 4) is 0 Å². The van der Waals surface area contributed by atoms with Crippen LogP contribution in [0.15, 0.2) is 36.4 Å². The fourth-order valence-electron chi connectivity index (χ4n) is 2.65. The van der Waals surface area contributed by atoms with E-state index in [1.54, 1.807) is 0 Å². The van der Waals surface area contributed by atoms with Crippen LogP contribution in [0.25, 0.3) is 6.08 Å². The van der Waals surface area contributed by atoms with E-state index in [1.165, 1.54) is 0 Å². The first-order valence-corrected chi connectivity index (χ1v) is 8.29. The Morgan fingerprint density at radius 3 is 2.17 bits per heavy atom. The predicted molar refractivity (Wildman–Crippen MR) is 95.1 cm³/mol. The van der Waals surface area contributed by atoms with Crippen molar-refractivity contribution in [1.29, 1.82) is 0 Å². The molecule has 1 heterocycles. The molecule has 2 atom stereocenters. The number of carbonyl (C=O) groups excluding carboxylic acids is 1. The molecule has 23 heavy (non-hydrogen) atoms. The molecule has 1 aliphatic heterocycles. The second-order valence-corrected chi connectivity index (χ2v) is 7.35. The van der Waals surface area contributed by atoms with Gasteiger partial charge >= 0.3 is 7.12 Å². The van der Waals surface area contributed by atoms with E-state index < -0.39 is 0 Å². The Labute approximate surface area is 140 Å². The summed E-state index contributed by atoms with van der Waals surface area (Å²) in [4.78, 5) is 11.5. The minimum absolute atomic E-state index is 0.121. The second-order valence-electron chi connectivity index (χ2n) is 7.35. The second kappa shape index (κ2) is 7.02. The van der Waals surface area contributed by atoms with Crippen LogP contribution in [0.4, 0.5) is 0 Å². The van der Waals surface area contributed by atoms with Crippen molar-refractivity contribution < 1.29 is 14.1 Å². The zero-order valence-corrected chi connectivity index (χ0v) is 14.8. The van der Waals surface area contributed by atoms with Crippen LogP contribution in [0.1, 0.15) is 40.2 Å². The molecule has 1 fully saturated rings. The molecule has 1 aromatic carbocycles. The third-order valence-electron chi connectivity index (χ3n) is 5.01. The normalized spacial score (nSPS) is 22.2. The van der Waals surface area contributed by atoms with Gasteiger partial charge in [0.2, 0.25) is 0 Å². The van der Waals surface area contributed by atoms with Crippen molar-refractivity contribution in [3.63, 3.8) is 0 Å². The zero-order chi connectivity index (χ0) is 17.1. The largest absolute Gasteiger partial charge is 0.458 e. The van der Waals surface area contributed by atoms with Gasteiger partial charge in [0.1, 0.15) is 6.29 Å². The number of rotatable bonds is 6. The predicted octanol–water partition coefficient (Wildman–Crippen LogP) is 4.24. The molecule has 4 heteroatoms. The van der Waals surface area contributed by atoms with Crippen LogP contribution >= 0.6 is 0 Å². The molecule has 0 unspecified atom stereocenters. The monoisotopic (exact) mass is 314 g/mol. The first-order chi connectivity index (χ1) is 10.7. The quantitative estimate of drug-likeness (QED) is 0.582. The molecule has 0 spiro atoms. The maximum Gasteiger partial charge on any atom is 0.458 e. The van der Waals surface area contributed by atoms with Gasteiger partial charge in [0.15, 0.2) is 0 Å². The number of hydrogen-bond donors (Lipinski definition) is 0. The first-order valence-electron chi connectivity index (χ1n) is 8.29. The standard InChI is InChI=1S/C19H27BO3/c1-15(11-12-16-9-7-6-8-10-16)17(14-21)13-20-22-18(2,3)19(4,5)23-20/h6-12,14-15,17H,13H2,1-5H3/b12-11+/t15-,17-/m0/s1. The highest BCUT2D eigenvalue weighted by Gasteiger charge is 2.51. The van der Waals surface area contributed by atoms with Crippen molar-refractivity contribution in [2.45, 2.75) is 52.1 Å². The van der Waals surface area contributed by atoms with Gasteiger partial charge < -0.3 is 14.1 Å². The van der Waals surface area contributed by atoms with Crippen LogP contribution in [0.2, 0.25) is 6.32 Å². The topological polar surface area (TPSA) is 35.5 Å². The number of allylic oxidation sites excluding steroid dienone is 1. The summed E-state index contributed by atoms with van der Waals surface area (Å²) in [5.41, 5.74) is 0.433. The fraction of sp³-hybridized carbons (Fsp3) is 0.526. The van der Waals surface area contributed by atoms with Crippen molar-refractivity contribution in [1.82, 2.24) is 0 Å². The summed E-state index contributed by atoms with van der Waals surface area (Å²) in [6.45, 7) is 10.2. The fourth-order valence-corrected chi connectivity index (χ4v) is 2.65. The van der Waals surface area contributed by atoms with Gasteiger partial charge in [0, 0.05) is 5.92 Å². The number of hydrogen-bond acceptors (Lipinski definition) is 3. The van der Waals surface area contributed by atoms with Crippen molar-refractivity contribution in [2.24, 2.45) is 11.8 Å². The summed E-state index contributed by atoms with van der Waals surface area (Å²) in [5, 5.41) is 0. The highest BCUT2D eigenvalue weighted by atomic mass is 16.7. The molecule has 1 aromatic rings. The van der Waals surface area contributed by atoms with Gasteiger partial charge in [-0.1, -0.05) is 49.4 Å². The maximum atomic E-state index is 11.5. The minimum Gasteiger partial charge on any atom is -0.403 e. The average Bonchev–Trinajstić information content (AvgIpc) is 2.70. The van der Waals surface area contributed by atoms with E-state index in [1.807, 2.05) is 58.0 Å². The Morgan fingerprint density at radius 2 is 1.65 bits per heavy atom. The van der Waals surface area contributed by atoms with Crippen LogP contribution in [0.5, 0.6) is 0 Å². The molecule has 124 valence electrons. The Bertz CT molecular complexity index is 535. The molecule has 0 saturated carbocycles. The Balaban J connectivity index is 1.98. The molecule has 0 bridgehead atoms. The highest BCUT2D eigenvalue weighted by molar-refractivity contribution is 6.45. The maximum absolute atomic E-state index is 11.5. The van der Waals surface area contributed by atoms with Crippen molar-refractivity contribution in [3.05, 3.63) is 42.0 Å². The molecule has 3 nitrogen and oxygen atoms in total.